The minimum absolute atomic E-state index is 0. The number of allylic oxidation sites excluding steroid dienone is 3. The largest absolute Gasteiger partial charge is 1.00 e. The van der Waals surface area contributed by atoms with Crippen LogP contribution < -0.4 is 24.8 Å². The zero-order valence-electron chi connectivity index (χ0n) is 14.3. The average Bonchev–Trinajstić information content (AvgIpc) is 2.33. The van der Waals surface area contributed by atoms with Gasteiger partial charge in [-0.1, -0.05) is 44.4 Å². The van der Waals surface area contributed by atoms with Gasteiger partial charge in [-0.05, 0) is 26.7 Å². The Bertz CT molecular complexity index is 391. The van der Waals surface area contributed by atoms with Crippen molar-refractivity contribution in [2.24, 2.45) is 5.92 Å². The predicted octanol–water partition coefficient (Wildman–Crippen LogP) is -0.789. The minimum atomic E-state index is 0. The molecule has 0 aromatic carbocycles. The van der Waals surface area contributed by atoms with Crippen LogP contribution in [-0.2, 0) is 23.3 Å². The van der Waals surface area contributed by atoms with Crippen LogP contribution in [0, 0.1) is 5.92 Å². The van der Waals surface area contributed by atoms with E-state index in [9.17, 15) is 0 Å². The second-order valence-corrected chi connectivity index (χ2v) is 15.7. The van der Waals surface area contributed by atoms with Crippen molar-refractivity contribution in [3.8, 4) is 0 Å². The maximum Gasteiger partial charge on any atom is -1.00 e. The number of hydrogen-bond donors (Lipinski definition) is 0. The molecule has 116 valence electrons. The fourth-order valence-electron chi connectivity index (χ4n) is 1.88. The van der Waals surface area contributed by atoms with Crippen molar-refractivity contribution in [3.05, 3.63) is 27.7 Å². The first-order valence-corrected chi connectivity index (χ1v) is 12.8. The first-order valence-electron chi connectivity index (χ1n) is 6.60. The van der Waals surface area contributed by atoms with Gasteiger partial charge in [0.25, 0.3) is 0 Å². The van der Waals surface area contributed by atoms with Gasteiger partial charge in [0.15, 0.2) is 0 Å². The van der Waals surface area contributed by atoms with Gasteiger partial charge in [-0.15, -0.1) is 5.54 Å². The summed E-state index contributed by atoms with van der Waals surface area (Å²) in [4.78, 5) is 0. The standard InChI is InChI=1S/C13H22N.C2H6Si.2ClH.Zr/c1-8-9(2)11(4)12(10(8)3)14-13(5,6)7;1-3-2;;;/h10H,1-7H3;1-2H3;2*1H;/q-1;;;;+2/p-2. The summed E-state index contributed by atoms with van der Waals surface area (Å²) in [6, 6.07) is 0. The molecule has 1 aliphatic rings. The van der Waals surface area contributed by atoms with Crippen molar-refractivity contribution in [1.82, 2.24) is 0 Å². The third kappa shape index (κ3) is 9.07. The number of nitrogens with zero attached hydrogens (tertiary/aromatic N) is 1. The molecule has 0 saturated heterocycles. The van der Waals surface area contributed by atoms with E-state index in [0.29, 0.717) is 5.92 Å². The Labute approximate surface area is 153 Å². The van der Waals surface area contributed by atoms with E-state index in [4.69, 9.17) is 5.32 Å². The van der Waals surface area contributed by atoms with E-state index in [1.807, 2.05) is 0 Å². The molecule has 0 amide bonds. The molecule has 0 fully saturated rings. The molecule has 1 aliphatic carbocycles. The average molecular weight is 413 g/mol. The number of halogens is 2. The van der Waals surface area contributed by atoms with Crippen LogP contribution in [0.1, 0.15) is 48.5 Å². The molecule has 0 spiro atoms. The van der Waals surface area contributed by atoms with Gasteiger partial charge in [0, 0.05) is 0 Å². The Kier molecular flexibility index (Phi) is 13.8. The predicted molar refractivity (Wildman–Crippen MR) is 80.8 cm³/mol. The molecule has 0 aromatic heterocycles. The molecule has 1 rings (SSSR count). The smallest absolute Gasteiger partial charge is 1.00 e. The van der Waals surface area contributed by atoms with Gasteiger partial charge in [-0.2, -0.15) is 5.70 Å². The second kappa shape index (κ2) is 10.6. The van der Waals surface area contributed by atoms with Crippen LogP contribution in [0.25, 0.3) is 5.32 Å². The maximum absolute atomic E-state index is 4.81. The van der Waals surface area contributed by atoms with E-state index in [-0.39, 0.29) is 35.8 Å². The second-order valence-electron chi connectivity index (χ2n) is 6.32. The molecule has 0 radical (unpaired) electrons. The molecular formula is C15H28Cl2NSiZr-. The Morgan fingerprint density at radius 2 is 1.35 bits per heavy atom. The quantitative estimate of drug-likeness (QED) is 0.502. The van der Waals surface area contributed by atoms with Gasteiger partial charge in [0.1, 0.15) is 0 Å². The van der Waals surface area contributed by atoms with Crippen molar-refractivity contribution >= 4 is 5.43 Å². The molecule has 0 bridgehead atoms. The molecule has 20 heavy (non-hydrogen) atoms. The van der Waals surface area contributed by atoms with Gasteiger partial charge in [-0.25, -0.2) is 0 Å². The summed E-state index contributed by atoms with van der Waals surface area (Å²) in [6.45, 7) is 19.9. The Morgan fingerprint density at radius 1 is 1.00 bits per heavy atom. The Hall–Kier alpha value is 0.960. The normalized spacial score (nSPS) is 17.9. The minimum Gasteiger partial charge on any atom is -1.00 e. The van der Waals surface area contributed by atoms with Crippen molar-refractivity contribution < 1.29 is 48.1 Å². The van der Waals surface area contributed by atoms with Crippen LogP contribution in [0.4, 0.5) is 0 Å². The SMILES string of the molecule is CC1=C(C)C(C)C([N-]C(C)(C)C)=C1C.C[Si](C)=[Zr+2].[Cl-].[Cl-]. The summed E-state index contributed by atoms with van der Waals surface area (Å²) in [5.74, 6) is 0.509. The molecule has 1 unspecified atom stereocenters. The number of rotatable bonds is 1. The molecule has 1 nitrogen and oxygen atoms in total. The zero-order chi connectivity index (χ0) is 14.7. The van der Waals surface area contributed by atoms with Gasteiger partial charge in [0.05, 0.1) is 0 Å². The first-order chi connectivity index (χ1) is 7.97. The first kappa shape index (κ1) is 25.9. The summed E-state index contributed by atoms with van der Waals surface area (Å²) in [7, 11) is 0. The molecule has 0 N–H and O–H groups in total. The summed E-state index contributed by atoms with van der Waals surface area (Å²) in [6.07, 6.45) is 0. The molecular weight excluding hydrogens is 384 g/mol. The van der Waals surface area contributed by atoms with Crippen LogP contribution in [0.15, 0.2) is 22.4 Å². The summed E-state index contributed by atoms with van der Waals surface area (Å²) < 4.78 is 0. The maximum atomic E-state index is 4.81. The van der Waals surface area contributed by atoms with Crippen LogP contribution in [-0.4, -0.2) is 11.0 Å². The molecule has 0 aromatic rings. The fraction of sp³-hybridized carbons (Fsp3) is 0.733. The third-order valence-corrected chi connectivity index (χ3v) is 3.05. The van der Waals surface area contributed by atoms with E-state index in [0.717, 1.165) is 0 Å². The van der Waals surface area contributed by atoms with Crippen LogP contribution in [0.2, 0.25) is 13.1 Å². The van der Waals surface area contributed by atoms with E-state index < -0.39 is 0 Å². The van der Waals surface area contributed by atoms with Crippen molar-refractivity contribution in [3.63, 3.8) is 0 Å². The van der Waals surface area contributed by atoms with Crippen LogP contribution >= 0.6 is 0 Å². The molecule has 1 atom stereocenters. The van der Waals surface area contributed by atoms with Gasteiger partial charge in [0.2, 0.25) is 0 Å². The van der Waals surface area contributed by atoms with E-state index >= 15 is 0 Å². The van der Waals surface area contributed by atoms with E-state index in [1.54, 1.807) is 23.3 Å². The summed E-state index contributed by atoms with van der Waals surface area (Å²) in [5, 5.41) is 4.81. The van der Waals surface area contributed by atoms with E-state index in [2.05, 4.69) is 61.6 Å². The van der Waals surface area contributed by atoms with Crippen molar-refractivity contribution in [2.75, 3.05) is 0 Å². The van der Waals surface area contributed by atoms with E-state index in [1.165, 1.54) is 22.4 Å². The van der Waals surface area contributed by atoms with Gasteiger partial charge >= 0.3 is 41.9 Å². The third-order valence-electron chi connectivity index (χ3n) is 3.05. The van der Waals surface area contributed by atoms with Crippen molar-refractivity contribution in [1.29, 1.82) is 0 Å². The van der Waals surface area contributed by atoms with Gasteiger partial charge in [-0.3, -0.25) is 0 Å². The van der Waals surface area contributed by atoms with Crippen LogP contribution in [0.5, 0.6) is 0 Å². The molecule has 5 heteroatoms. The zero-order valence-corrected chi connectivity index (χ0v) is 19.3. The molecule has 0 heterocycles. The van der Waals surface area contributed by atoms with Crippen LogP contribution in [0.3, 0.4) is 0 Å². The van der Waals surface area contributed by atoms with Crippen molar-refractivity contribution in [2.45, 2.75) is 67.1 Å². The molecule has 0 aliphatic heterocycles. The summed E-state index contributed by atoms with van der Waals surface area (Å²) in [5.41, 5.74) is 5.82. The Balaban J connectivity index is -0.000000429. The number of hydrogen-bond acceptors (Lipinski definition) is 0. The molecule has 0 saturated carbocycles. The van der Waals surface area contributed by atoms with Gasteiger partial charge < -0.3 is 30.1 Å². The summed E-state index contributed by atoms with van der Waals surface area (Å²) >= 11 is 1.74. The Morgan fingerprint density at radius 3 is 1.55 bits per heavy atom. The fourth-order valence-corrected chi connectivity index (χ4v) is 1.88. The monoisotopic (exact) mass is 410 g/mol. The topological polar surface area (TPSA) is 14.1 Å².